The normalized spacial score (nSPS) is 17.6. The Kier molecular flexibility index (Phi) is 4.30. The molecule has 0 saturated heterocycles. The molecule has 3 heteroatoms. The average Bonchev–Trinajstić information content (AvgIpc) is 2.12. The van der Waals surface area contributed by atoms with E-state index < -0.39 is 0 Å². The summed E-state index contributed by atoms with van der Waals surface area (Å²) in [4.78, 5) is 0. The fourth-order valence-corrected chi connectivity index (χ4v) is 2.31. The molecule has 94 valence electrons. The van der Waals surface area contributed by atoms with E-state index in [0.29, 0.717) is 0 Å². The quantitative estimate of drug-likeness (QED) is 0.873. The highest BCUT2D eigenvalue weighted by atomic mass is 35.5. The molecule has 17 heavy (non-hydrogen) atoms. The topological polar surface area (TPSA) is 35.2 Å². The molecule has 0 aromatic heterocycles. The summed E-state index contributed by atoms with van der Waals surface area (Å²) in [5.41, 5.74) is 6.94. The van der Waals surface area contributed by atoms with Crippen LogP contribution in [-0.4, -0.2) is 12.6 Å². The fraction of sp³-hybridized carbons (Fsp3) is 0.571. The Hall–Kier alpha value is -0.730. The summed E-state index contributed by atoms with van der Waals surface area (Å²) in [5, 5.41) is 0.728. The van der Waals surface area contributed by atoms with E-state index in [4.69, 9.17) is 22.1 Å². The van der Waals surface area contributed by atoms with Crippen molar-refractivity contribution >= 4 is 11.6 Å². The van der Waals surface area contributed by atoms with Crippen molar-refractivity contribution < 1.29 is 4.74 Å². The van der Waals surface area contributed by atoms with E-state index in [1.807, 2.05) is 25.1 Å². The molecule has 0 heterocycles. The maximum atomic E-state index is 6.08. The molecule has 0 aliphatic heterocycles. The van der Waals surface area contributed by atoms with Gasteiger partial charge in [-0.15, -0.1) is 0 Å². The van der Waals surface area contributed by atoms with Crippen molar-refractivity contribution in [2.24, 2.45) is 11.7 Å². The molecule has 1 aliphatic rings. The first-order valence-electron chi connectivity index (χ1n) is 6.31. The number of rotatable bonds is 5. The Morgan fingerprint density at radius 3 is 2.76 bits per heavy atom. The lowest BCUT2D eigenvalue weighted by molar-refractivity contribution is 0.180. The van der Waals surface area contributed by atoms with Gasteiger partial charge in [0, 0.05) is 11.1 Å². The average molecular weight is 254 g/mol. The Labute approximate surface area is 108 Å². The van der Waals surface area contributed by atoms with Crippen LogP contribution in [0.1, 0.15) is 31.7 Å². The Morgan fingerprint density at radius 2 is 2.18 bits per heavy atom. The van der Waals surface area contributed by atoms with Gasteiger partial charge >= 0.3 is 0 Å². The monoisotopic (exact) mass is 253 g/mol. The zero-order chi connectivity index (χ0) is 12.3. The summed E-state index contributed by atoms with van der Waals surface area (Å²) < 4.78 is 5.79. The summed E-state index contributed by atoms with van der Waals surface area (Å²) in [6, 6.07) is 6.04. The zero-order valence-electron chi connectivity index (χ0n) is 10.3. The van der Waals surface area contributed by atoms with Crippen LogP contribution in [-0.2, 0) is 6.42 Å². The largest absolute Gasteiger partial charge is 0.493 e. The predicted molar refractivity (Wildman–Crippen MR) is 71.6 cm³/mol. The standard InChI is InChI=1S/C14H20ClNO/c1-10(16)5-12-6-13(15)8-14(7-12)17-9-11-3-2-4-11/h6-8,10-11H,2-5,9,16H2,1H3. The second-order valence-corrected chi connectivity index (χ2v) is 5.52. The highest BCUT2D eigenvalue weighted by Gasteiger charge is 2.18. The summed E-state index contributed by atoms with van der Waals surface area (Å²) >= 11 is 6.08. The first kappa shape index (κ1) is 12.7. The Morgan fingerprint density at radius 1 is 1.41 bits per heavy atom. The molecule has 1 aromatic carbocycles. The van der Waals surface area contributed by atoms with Gasteiger partial charge in [-0.1, -0.05) is 18.0 Å². The molecule has 0 radical (unpaired) electrons. The van der Waals surface area contributed by atoms with Crippen LogP contribution in [0, 0.1) is 5.92 Å². The highest BCUT2D eigenvalue weighted by molar-refractivity contribution is 6.30. The van der Waals surface area contributed by atoms with Gasteiger partial charge in [0.1, 0.15) is 5.75 Å². The maximum Gasteiger partial charge on any atom is 0.121 e. The number of benzene rings is 1. The van der Waals surface area contributed by atoms with Gasteiger partial charge in [0.15, 0.2) is 0 Å². The van der Waals surface area contributed by atoms with Crippen LogP contribution in [0.4, 0.5) is 0 Å². The number of nitrogens with two attached hydrogens (primary N) is 1. The lowest BCUT2D eigenvalue weighted by atomic mass is 9.86. The highest BCUT2D eigenvalue weighted by Crippen LogP contribution is 2.28. The molecule has 1 unspecified atom stereocenters. The fourth-order valence-electron chi connectivity index (χ4n) is 2.07. The van der Waals surface area contributed by atoms with Gasteiger partial charge in [-0.3, -0.25) is 0 Å². The number of ether oxygens (including phenoxy) is 1. The van der Waals surface area contributed by atoms with Gasteiger partial charge in [0.2, 0.25) is 0 Å². The molecular formula is C14H20ClNO. The first-order chi connectivity index (χ1) is 8.13. The van der Waals surface area contributed by atoms with E-state index in [2.05, 4.69) is 0 Å². The van der Waals surface area contributed by atoms with Crippen LogP contribution in [0.3, 0.4) is 0 Å². The molecule has 0 spiro atoms. The molecule has 1 fully saturated rings. The van der Waals surface area contributed by atoms with Crippen LogP contribution < -0.4 is 10.5 Å². The van der Waals surface area contributed by atoms with E-state index in [1.165, 1.54) is 19.3 Å². The molecule has 0 bridgehead atoms. The van der Waals surface area contributed by atoms with Gasteiger partial charge in [0.05, 0.1) is 6.61 Å². The summed E-state index contributed by atoms with van der Waals surface area (Å²) in [6.07, 6.45) is 4.78. The Balaban J connectivity index is 1.97. The molecule has 1 atom stereocenters. The number of hydrogen-bond acceptors (Lipinski definition) is 2. The molecular weight excluding hydrogens is 234 g/mol. The van der Waals surface area contributed by atoms with Gasteiger partial charge in [-0.25, -0.2) is 0 Å². The number of halogens is 1. The summed E-state index contributed by atoms with van der Waals surface area (Å²) in [5.74, 6) is 1.62. The van der Waals surface area contributed by atoms with E-state index in [9.17, 15) is 0 Å². The lowest BCUT2D eigenvalue weighted by Gasteiger charge is -2.25. The molecule has 1 aliphatic carbocycles. The zero-order valence-corrected chi connectivity index (χ0v) is 11.0. The molecule has 1 aromatic rings. The van der Waals surface area contributed by atoms with Crippen LogP contribution in [0.2, 0.25) is 5.02 Å². The summed E-state index contributed by atoms with van der Waals surface area (Å²) in [7, 11) is 0. The number of hydrogen-bond donors (Lipinski definition) is 1. The van der Waals surface area contributed by atoms with Crippen molar-refractivity contribution in [3.05, 3.63) is 28.8 Å². The van der Waals surface area contributed by atoms with E-state index >= 15 is 0 Å². The van der Waals surface area contributed by atoms with Crippen molar-refractivity contribution in [1.29, 1.82) is 0 Å². The summed E-state index contributed by atoms with van der Waals surface area (Å²) in [6.45, 7) is 2.81. The third-order valence-electron chi connectivity index (χ3n) is 3.20. The van der Waals surface area contributed by atoms with Crippen LogP contribution in [0.5, 0.6) is 5.75 Å². The minimum atomic E-state index is 0.146. The van der Waals surface area contributed by atoms with Crippen molar-refractivity contribution in [2.75, 3.05) is 6.61 Å². The van der Waals surface area contributed by atoms with Crippen LogP contribution in [0.25, 0.3) is 0 Å². The lowest BCUT2D eigenvalue weighted by Crippen LogP contribution is -2.19. The van der Waals surface area contributed by atoms with Gasteiger partial charge < -0.3 is 10.5 Å². The molecule has 1 saturated carbocycles. The smallest absolute Gasteiger partial charge is 0.121 e. The van der Waals surface area contributed by atoms with Gasteiger partial charge in [0.25, 0.3) is 0 Å². The van der Waals surface area contributed by atoms with E-state index in [1.54, 1.807) is 0 Å². The van der Waals surface area contributed by atoms with Crippen LogP contribution >= 0.6 is 11.6 Å². The second-order valence-electron chi connectivity index (χ2n) is 5.08. The SMILES string of the molecule is CC(N)Cc1cc(Cl)cc(OCC2CCC2)c1. The second kappa shape index (κ2) is 5.74. The minimum absolute atomic E-state index is 0.146. The molecule has 2 N–H and O–H groups in total. The maximum absolute atomic E-state index is 6.08. The third-order valence-corrected chi connectivity index (χ3v) is 3.42. The van der Waals surface area contributed by atoms with Crippen molar-refractivity contribution in [2.45, 2.75) is 38.6 Å². The van der Waals surface area contributed by atoms with E-state index in [0.717, 1.165) is 35.3 Å². The molecule has 2 nitrogen and oxygen atoms in total. The minimum Gasteiger partial charge on any atom is -0.493 e. The van der Waals surface area contributed by atoms with Gasteiger partial charge in [-0.05, 0) is 55.9 Å². The van der Waals surface area contributed by atoms with Crippen molar-refractivity contribution in [1.82, 2.24) is 0 Å². The van der Waals surface area contributed by atoms with Crippen molar-refractivity contribution in [3.8, 4) is 5.75 Å². The third kappa shape index (κ3) is 3.90. The van der Waals surface area contributed by atoms with Crippen molar-refractivity contribution in [3.63, 3.8) is 0 Å². The van der Waals surface area contributed by atoms with Gasteiger partial charge in [-0.2, -0.15) is 0 Å². The van der Waals surface area contributed by atoms with Crippen LogP contribution in [0.15, 0.2) is 18.2 Å². The first-order valence-corrected chi connectivity index (χ1v) is 6.69. The van der Waals surface area contributed by atoms with E-state index in [-0.39, 0.29) is 6.04 Å². The Bertz CT molecular complexity index is 374. The predicted octanol–water partition coefficient (Wildman–Crippen LogP) is 3.41. The molecule has 2 rings (SSSR count). The molecule has 0 amide bonds.